The second kappa shape index (κ2) is 8.87. The predicted molar refractivity (Wildman–Crippen MR) is 95.1 cm³/mol. The molecule has 0 bridgehead atoms. The quantitative estimate of drug-likeness (QED) is 0.463. The molecule has 0 aromatic rings. The Hall–Kier alpha value is 0.559. The monoisotopic (exact) mass is 446 g/mol. The fraction of sp³-hybridized carbons (Fsp3) is 0.571. The zero-order valence-corrected chi connectivity index (χ0v) is 17.2. The van der Waals surface area contributed by atoms with Crippen molar-refractivity contribution in [2.24, 2.45) is 0 Å². The van der Waals surface area contributed by atoms with E-state index < -0.39 is 12.8 Å². The maximum absolute atomic E-state index is 11.8. The summed E-state index contributed by atoms with van der Waals surface area (Å²) in [5.41, 5.74) is 1.27. The van der Waals surface area contributed by atoms with Crippen LogP contribution in [0.1, 0.15) is 20.3 Å². The fourth-order valence-corrected chi connectivity index (χ4v) is 26.9. The SMILES string of the molecule is C=C(C)C(=O)SC[Se]1(CSC(=O)C(=C)C)CCC[Se]C1. The summed E-state index contributed by atoms with van der Waals surface area (Å²) in [6.07, 6.45) is 1.30. The third-order valence-electron chi connectivity index (χ3n) is 2.78. The molecule has 0 aliphatic carbocycles. The van der Waals surface area contributed by atoms with E-state index in [0.717, 1.165) is 24.3 Å². The van der Waals surface area contributed by atoms with E-state index in [-0.39, 0.29) is 10.2 Å². The standard InChI is InChI=1S/C14H22O2S2Se2/c1-11(2)13(15)17-8-20(7-5-6-19-10-20)9-18-14(16)12(3)4/h1,3,5-10H2,2,4H3. The van der Waals surface area contributed by atoms with Crippen molar-refractivity contribution in [3.8, 4) is 0 Å². The summed E-state index contributed by atoms with van der Waals surface area (Å²) in [4.78, 5) is 23.6. The molecule has 6 heteroatoms. The van der Waals surface area contributed by atoms with Gasteiger partial charge in [-0.3, -0.25) is 0 Å². The fourth-order valence-electron chi connectivity index (χ4n) is 1.59. The molecular weight excluding hydrogens is 422 g/mol. The Balaban J connectivity index is 2.61. The van der Waals surface area contributed by atoms with Crippen molar-refractivity contribution in [1.29, 1.82) is 0 Å². The summed E-state index contributed by atoms with van der Waals surface area (Å²) in [6, 6.07) is 0. The molecule has 0 saturated carbocycles. The minimum atomic E-state index is -1.67. The first-order valence-corrected chi connectivity index (χ1v) is 15.6. The summed E-state index contributed by atoms with van der Waals surface area (Å²) in [6.45, 7) is 11.0. The van der Waals surface area contributed by atoms with E-state index in [9.17, 15) is 9.59 Å². The molecule has 114 valence electrons. The third kappa shape index (κ3) is 6.13. The average molecular weight is 444 g/mol. The summed E-state index contributed by atoms with van der Waals surface area (Å²) in [5, 5.41) is 2.89. The van der Waals surface area contributed by atoms with Crippen LogP contribution in [0.15, 0.2) is 24.3 Å². The van der Waals surface area contributed by atoms with Gasteiger partial charge < -0.3 is 0 Å². The Labute approximate surface area is 139 Å². The van der Waals surface area contributed by atoms with Crippen LogP contribution in [0, 0.1) is 0 Å². The van der Waals surface area contributed by atoms with Gasteiger partial charge in [0.25, 0.3) is 0 Å². The van der Waals surface area contributed by atoms with Gasteiger partial charge in [-0.25, -0.2) is 0 Å². The molecule has 20 heavy (non-hydrogen) atoms. The summed E-state index contributed by atoms with van der Waals surface area (Å²) in [7, 11) is 0. The molecule has 1 fully saturated rings. The first-order chi connectivity index (χ1) is 9.36. The van der Waals surface area contributed by atoms with Crippen LogP contribution in [-0.4, -0.2) is 47.3 Å². The molecule has 1 rings (SSSR count). The molecule has 0 spiro atoms. The Morgan fingerprint density at radius 2 is 1.60 bits per heavy atom. The summed E-state index contributed by atoms with van der Waals surface area (Å²) in [5.74, 6) is 0. The molecule has 0 atom stereocenters. The Morgan fingerprint density at radius 1 is 1.10 bits per heavy atom. The number of hydrogen-bond acceptors (Lipinski definition) is 4. The van der Waals surface area contributed by atoms with Gasteiger partial charge in [-0.05, 0) is 0 Å². The Morgan fingerprint density at radius 3 is 1.95 bits per heavy atom. The summed E-state index contributed by atoms with van der Waals surface area (Å²) < 4.78 is 3.28. The van der Waals surface area contributed by atoms with Gasteiger partial charge in [0.1, 0.15) is 0 Å². The zero-order valence-electron chi connectivity index (χ0n) is 12.1. The Kier molecular flexibility index (Phi) is 8.25. The van der Waals surface area contributed by atoms with Crippen LogP contribution in [0.2, 0.25) is 14.9 Å². The van der Waals surface area contributed by atoms with E-state index in [0.29, 0.717) is 11.1 Å². The molecule has 0 aromatic heterocycles. The van der Waals surface area contributed by atoms with E-state index in [1.807, 2.05) is 0 Å². The van der Waals surface area contributed by atoms with Crippen molar-refractivity contribution in [3.63, 3.8) is 0 Å². The number of carbonyl (C=O) groups is 2. The zero-order chi connectivity index (χ0) is 15.2. The van der Waals surface area contributed by atoms with Gasteiger partial charge in [0.2, 0.25) is 0 Å². The van der Waals surface area contributed by atoms with Crippen LogP contribution in [0.25, 0.3) is 0 Å². The van der Waals surface area contributed by atoms with Gasteiger partial charge >= 0.3 is 140 Å². The second-order valence-electron chi connectivity index (χ2n) is 4.97. The van der Waals surface area contributed by atoms with Crippen molar-refractivity contribution in [2.45, 2.75) is 35.1 Å². The van der Waals surface area contributed by atoms with E-state index >= 15 is 0 Å². The maximum atomic E-state index is 11.8. The van der Waals surface area contributed by atoms with Crippen molar-refractivity contribution in [2.75, 3.05) is 9.30 Å². The summed E-state index contributed by atoms with van der Waals surface area (Å²) >= 11 is 1.94. The van der Waals surface area contributed by atoms with Crippen molar-refractivity contribution < 1.29 is 9.59 Å². The van der Waals surface area contributed by atoms with Crippen LogP contribution in [0.4, 0.5) is 0 Å². The predicted octanol–water partition coefficient (Wildman–Crippen LogP) is 3.67. The van der Waals surface area contributed by atoms with E-state index in [1.54, 1.807) is 13.8 Å². The van der Waals surface area contributed by atoms with E-state index in [4.69, 9.17) is 0 Å². The molecule has 0 N–H and O–H groups in total. The number of thioether (sulfide) groups is 2. The number of carbonyl (C=O) groups excluding carboxylic acids is 2. The molecule has 1 heterocycles. The van der Waals surface area contributed by atoms with Gasteiger partial charge in [-0.1, -0.05) is 0 Å². The van der Waals surface area contributed by atoms with Gasteiger partial charge in [0.15, 0.2) is 0 Å². The van der Waals surface area contributed by atoms with Crippen LogP contribution < -0.4 is 0 Å². The van der Waals surface area contributed by atoms with Crippen molar-refractivity contribution in [1.82, 2.24) is 0 Å². The van der Waals surface area contributed by atoms with E-state index in [2.05, 4.69) is 13.2 Å². The Bertz CT molecular complexity index is 383. The number of hydrogen-bond donors (Lipinski definition) is 0. The first kappa shape index (κ1) is 18.6. The van der Waals surface area contributed by atoms with Crippen LogP contribution in [-0.2, 0) is 9.59 Å². The molecule has 1 aliphatic rings. The molecule has 2 nitrogen and oxygen atoms in total. The molecular formula is C14H22O2S2Se2. The van der Waals surface area contributed by atoms with Gasteiger partial charge in [0, 0.05) is 0 Å². The topological polar surface area (TPSA) is 34.1 Å². The number of rotatable bonds is 6. The molecule has 0 aromatic carbocycles. The molecule has 0 radical (unpaired) electrons. The van der Waals surface area contributed by atoms with Crippen LogP contribution >= 0.6 is 23.5 Å². The van der Waals surface area contributed by atoms with Crippen molar-refractivity contribution in [3.05, 3.63) is 24.3 Å². The molecule has 0 amide bonds. The molecule has 1 aliphatic heterocycles. The van der Waals surface area contributed by atoms with Gasteiger partial charge in [-0.15, -0.1) is 0 Å². The molecule has 1 saturated heterocycles. The third-order valence-corrected chi connectivity index (χ3v) is 25.3. The van der Waals surface area contributed by atoms with Crippen LogP contribution in [0.5, 0.6) is 0 Å². The van der Waals surface area contributed by atoms with Crippen LogP contribution in [0.3, 0.4) is 0 Å². The van der Waals surface area contributed by atoms with Gasteiger partial charge in [-0.2, -0.15) is 0 Å². The normalized spacial score (nSPS) is 19.1. The average Bonchev–Trinajstić information content (AvgIpc) is 2.43. The second-order valence-corrected chi connectivity index (χ2v) is 20.5. The van der Waals surface area contributed by atoms with Gasteiger partial charge in [0.05, 0.1) is 0 Å². The van der Waals surface area contributed by atoms with Crippen molar-refractivity contribution >= 4 is 61.6 Å². The minimum absolute atomic E-state index is 0.121. The molecule has 0 unspecified atom stereocenters. The first-order valence-electron chi connectivity index (χ1n) is 6.33. The van der Waals surface area contributed by atoms with E-state index in [1.165, 1.54) is 44.8 Å².